The molecular formula is C19H21ClF3N5O2. The van der Waals surface area contributed by atoms with Gasteiger partial charge in [0.15, 0.2) is 0 Å². The predicted octanol–water partition coefficient (Wildman–Crippen LogP) is 4.97. The fraction of sp³-hybridized carbons (Fsp3) is 0.579. The molecule has 1 atom stereocenters. The Kier molecular flexibility index (Phi) is 5.61. The SMILES string of the molecule is O=[N+]([O-])c1cc(C(F)(F)F)c(Cl)cc1N1CCCC(c2nnc3n2CCCCC3)C1. The van der Waals surface area contributed by atoms with Crippen LogP contribution < -0.4 is 4.90 Å². The number of nitrogens with zero attached hydrogens (tertiary/aromatic N) is 5. The number of nitro benzene ring substituents is 1. The third-order valence-corrected chi connectivity index (χ3v) is 6.14. The summed E-state index contributed by atoms with van der Waals surface area (Å²) in [5.41, 5.74) is -1.68. The fourth-order valence-corrected chi connectivity index (χ4v) is 4.65. The van der Waals surface area contributed by atoms with Gasteiger partial charge in [-0.1, -0.05) is 18.0 Å². The molecule has 0 aliphatic carbocycles. The summed E-state index contributed by atoms with van der Waals surface area (Å²) in [5.74, 6) is 1.82. The number of halogens is 4. The van der Waals surface area contributed by atoms with Gasteiger partial charge in [-0.15, -0.1) is 10.2 Å². The van der Waals surface area contributed by atoms with Crippen molar-refractivity contribution in [2.24, 2.45) is 0 Å². The van der Waals surface area contributed by atoms with Crippen LogP contribution in [0.3, 0.4) is 0 Å². The highest BCUT2D eigenvalue weighted by molar-refractivity contribution is 6.31. The van der Waals surface area contributed by atoms with Gasteiger partial charge in [0.1, 0.15) is 17.3 Å². The van der Waals surface area contributed by atoms with E-state index in [-0.39, 0.29) is 11.6 Å². The van der Waals surface area contributed by atoms with Gasteiger partial charge in [-0.05, 0) is 31.7 Å². The number of aromatic nitrogens is 3. The topological polar surface area (TPSA) is 77.1 Å². The smallest absolute Gasteiger partial charge is 0.365 e. The number of aryl methyl sites for hydroxylation is 1. The largest absolute Gasteiger partial charge is 0.418 e. The molecule has 1 saturated heterocycles. The van der Waals surface area contributed by atoms with E-state index in [1.807, 2.05) is 0 Å². The second kappa shape index (κ2) is 8.05. The number of benzene rings is 1. The summed E-state index contributed by atoms with van der Waals surface area (Å²) < 4.78 is 41.7. The Morgan fingerprint density at radius 2 is 1.93 bits per heavy atom. The highest BCUT2D eigenvalue weighted by Crippen LogP contribution is 2.43. The van der Waals surface area contributed by atoms with Gasteiger partial charge >= 0.3 is 6.18 Å². The molecule has 0 saturated carbocycles. The van der Waals surface area contributed by atoms with Gasteiger partial charge < -0.3 is 9.47 Å². The lowest BCUT2D eigenvalue weighted by molar-refractivity contribution is -0.384. The van der Waals surface area contributed by atoms with Gasteiger partial charge in [0.2, 0.25) is 0 Å². The lowest BCUT2D eigenvalue weighted by Crippen LogP contribution is -2.36. The lowest BCUT2D eigenvalue weighted by Gasteiger charge is -2.34. The maximum atomic E-state index is 13.2. The molecule has 1 unspecified atom stereocenters. The molecular weight excluding hydrogens is 423 g/mol. The molecule has 1 fully saturated rings. The van der Waals surface area contributed by atoms with Crippen molar-refractivity contribution in [3.8, 4) is 0 Å². The Labute approximate surface area is 176 Å². The monoisotopic (exact) mass is 443 g/mol. The molecule has 7 nitrogen and oxygen atoms in total. The van der Waals surface area contributed by atoms with E-state index in [1.165, 1.54) is 0 Å². The van der Waals surface area contributed by atoms with Crippen LogP contribution in [0.1, 0.15) is 55.2 Å². The van der Waals surface area contributed by atoms with Crippen molar-refractivity contribution < 1.29 is 18.1 Å². The number of anilines is 1. The Hall–Kier alpha value is -2.36. The first-order chi connectivity index (χ1) is 14.3. The highest BCUT2D eigenvalue weighted by atomic mass is 35.5. The number of nitro groups is 1. The van der Waals surface area contributed by atoms with Crippen LogP contribution in [0.15, 0.2) is 12.1 Å². The van der Waals surface area contributed by atoms with Crippen LogP contribution in [0.5, 0.6) is 0 Å². The van der Waals surface area contributed by atoms with Crippen LogP contribution in [-0.4, -0.2) is 32.8 Å². The molecule has 4 rings (SSSR count). The van der Waals surface area contributed by atoms with E-state index in [2.05, 4.69) is 14.8 Å². The average Bonchev–Trinajstić information content (AvgIpc) is 2.95. The van der Waals surface area contributed by atoms with E-state index in [9.17, 15) is 23.3 Å². The molecule has 0 bridgehead atoms. The molecule has 0 N–H and O–H groups in total. The molecule has 0 spiro atoms. The Morgan fingerprint density at radius 3 is 2.67 bits per heavy atom. The number of rotatable bonds is 3. The van der Waals surface area contributed by atoms with E-state index in [0.717, 1.165) is 62.8 Å². The standard InChI is InChI=1S/C19H21ClF3N5O2/c20-14-10-15(16(28(29)30)9-13(14)19(21,22)23)26-7-4-5-12(11-26)18-25-24-17-6-2-1-3-8-27(17)18/h9-10,12H,1-8,11H2. The zero-order valence-corrected chi connectivity index (χ0v) is 16.9. The first-order valence-corrected chi connectivity index (χ1v) is 10.4. The van der Waals surface area contributed by atoms with E-state index in [4.69, 9.17) is 11.6 Å². The number of fused-ring (bicyclic) bond motifs is 1. The van der Waals surface area contributed by atoms with E-state index < -0.39 is 27.4 Å². The molecule has 0 amide bonds. The Morgan fingerprint density at radius 1 is 1.13 bits per heavy atom. The zero-order chi connectivity index (χ0) is 21.5. The molecule has 1 aromatic heterocycles. The quantitative estimate of drug-likeness (QED) is 0.494. The summed E-state index contributed by atoms with van der Waals surface area (Å²) in [4.78, 5) is 12.5. The summed E-state index contributed by atoms with van der Waals surface area (Å²) in [6.45, 7) is 1.76. The normalized spacial score (nSPS) is 20.0. The maximum absolute atomic E-state index is 13.2. The maximum Gasteiger partial charge on any atom is 0.418 e. The molecule has 162 valence electrons. The predicted molar refractivity (Wildman–Crippen MR) is 105 cm³/mol. The van der Waals surface area contributed by atoms with Crippen LogP contribution in [0, 0.1) is 10.1 Å². The van der Waals surface area contributed by atoms with Crippen LogP contribution in [0.25, 0.3) is 0 Å². The molecule has 30 heavy (non-hydrogen) atoms. The summed E-state index contributed by atoms with van der Waals surface area (Å²) in [6.07, 6.45) is 0.961. The minimum atomic E-state index is -4.76. The van der Waals surface area contributed by atoms with E-state index in [1.54, 1.807) is 4.90 Å². The zero-order valence-electron chi connectivity index (χ0n) is 16.2. The third kappa shape index (κ3) is 3.97. The summed E-state index contributed by atoms with van der Waals surface area (Å²) in [7, 11) is 0. The van der Waals surface area contributed by atoms with Crippen molar-refractivity contribution in [2.75, 3.05) is 18.0 Å². The molecule has 2 aliphatic rings. The second-order valence-corrected chi connectivity index (χ2v) is 8.20. The molecule has 3 heterocycles. The van der Waals surface area contributed by atoms with Crippen LogP contribution in [0.4, 0.5) is 24.5 Å². The van der Waals surface area contributed by atoms with Crippen molar-refractivity contribution in [3.05, 3.63) is 44.5 Å². The number of hydrogen-bond acceptors (Lipinski definition) is 5. The van der Waals surface area contributed by atoms with Crippen molar-refractivity contribution in [2.45, 2.75) is 57.2 Å². The first kappa shape index (κ1) is 20.9. The summed E-state index contributed by atoms with van der Waals surface area (Å²) in [5, 5.41) is 19.7. The van der Waals surface area contributed by atoms with Gasteiger partial charge in [-0.25, -0.2) is 0 Å². The lowest BCUT2D eigenvalue weighted by atomic mass is 9.96. The molecule has 2 aliphatic heterocycles. The number of piperidine rings is 1. The van der Waals surface area contributed by atoms with E-state index in [0.29, 0.717) is 19.2 Å². The van der Waals surface area contributed by atoms with Crippen LogP contribution in [0.2, 0.25) is 5.02 Å². The summed E-state index contributed by atoms with van der Waals surface area (Å²) in [6, 6.07) is 1.60. The van der Waals surface area contributed by atoms with Crippen LogP contribution in [-0.2, 0) is 19.1 Å². The van der Waals surface area contributed by atoms with E-state index >= 15 is 0 Å². The Bertz CT molecular complexity index is 962. The fourth-order valence-electron chi connectivity index (χ4n) is 4.38. The van der Waals surface area contributed by atoms with Gasteiger partial charge in [0.25, 0.3) is 5.69 Å². The van der Waals surface area contributed by atoms with Gasteiger partial charge in [0.05, 0.1) is 15.5 Å². The minimum Gasteiger partial charge on any atom is -0.365 e. The van der Waals surface area contributed by atoms with Gasteiger partial charge in [-0.3, -0.25) is 10.1 Å². The van der Waals surface area contributed by atoms with Crippen LogP contribution >= 0.6 is 11.6 Å². The molecule has 1 aromatic carbocycles. The van der Waals surface area contributed by atoms with Gasteiger partial charge in [-0.2, -0.15) is 13.2 Å². The molecule has 11 heteroatoms. The van der Waals surface area contributed by atoms with Crippen molar-refractivity contribution in [1.82, 2.24) is 14.8 Å². The molecule has 0 radical (unpaired) electrons. The second-order valence-electron chi connectivity index (χ2n) is 7.80. The summed E-state index contributed by atoms with van der Waals surface area (Å²) >= 11 is 5.86. The number of hydrogen-bond donors (Lipinski definition) is 0. The Balaban J connectivity index is 1.66. The first-order valence-electron chi connectivity index (χ1n) is 9.97. The van der Waals surface area contributed by atoms with Crippen molar-refractivity contribution in [3.63, 3.8) is 0 Å². The third-order valence-electron chi connectivity index (χ3n) is 5.83. The average molecular weight is 444 g/mol. The molecule has 2 aromatic rings. The minimum absolute atomic E-state index is 0.00114. The van der Waals surface area contributed by atoms with Crippen molar-refractivity contribution >= 4 is 23.0 Å². The highest BCUT2D eigenvalue weighted by Gasteiger charge is 2.38. The number of alkyl halides is 3. The van der Waals surface area contributed by atoms with Crippen molar-refractivity contribution in [1.29, 1.82) is 0 Å². The van der Waals surface area contributed by atoms with Gasteiger partial charge in [0, 0.05) is 38.0 Å².